The molecular weight excluding hydrogens is 286 g/mol. The van der Waals surface area contributed by atoms with Gasteiger partial charge in [0.1, 0.15) is 9.84 Å². The molecule has 1 aliphatic carbocycles. The Bertz CT molecular complexity index is 426. The zero-order valence-electron chi connectivity index (χ0n) is 13.9. The van der Waals surface area contributed by atoms with Crippen LogP contribution in [-0.4, -0.2) is 58.5 Å². The molecule has 0 aromatic heterocycles. The van der Waals surface area contributed by atoms with Crippen molar-refractivity contribution in [3.8, 4) is 0 Å². The smallest absolute Gasteiger partial charge is 0.193 e. The Labute approximate surface area is 130 Å². The Hall–Kier alpha value is -0.780. The highest BCUT2D eigenvalue weighted by atomic mass is 32.2. The van der Waals surface area contributed by atoms with E-state index in [1.807, 2.05) is 0 Å². The van der Waals surface area contributed by atoms with Crippen LogP contribution in [0.1, 0.15) is 39.0 Å². The first-order chi connectivity index (χ1) is 9.81. The summed E-state index contributed by atoms with van der Waals surface area (Å²) >= 11 is 0. The monoisotopic (exact) mass is 317 g/mol. The van der Waals surface area contributed by atoms with Gasteiger partial charge in [0, 0.05) is 33.4 Å². The molecule has 1 aliphatic rings. The van der Waals surface area contributed by atoms with Gasteiger partial charge in [-0.15, -0.1) is 0 Å². The molecule has 0 radical (unpaired) electrons. The molecule has 0 atom stereocenters. The quantitative estimate of drug-likeness (QED) is 0.461. The number of hydrogen-bond acceptors (Lipinski definition) is 3. The maximum Gasteiger partial charge on any atom is 0.193 e. The van der Waals surface area contributed by atoms with Gasteiger partial charge in [-0.3, -0.25) is 4.99 Å². The highest BCUT2D eigenvalue weighted by Crippen LogP contribution is 2.28. The summed E-state index contributed by atoms with van der Waals surface area (Å²) in [7, 11) is 0.965. The zero-order valence-corrected chi connectivity index (χ0v) is 14.7. The van der Waals surface area contributed by atoms with Crippen molar-refractivity contribution in [1.82, 2.24) is 10.2 Å². The molecular formula is C15H31N3O2S. The Kier molecular flexibility index (Phi) is 7.49. The third-order valence-electron chi connectivity index (χ3n) is 4.22. The second kappa shape index (κ2) is 8.61. The topological polar surface area (TPSA) is 61.8 Å². The van der Waals surface area contributed by atoms with Gasteiger partial charge in [0.15, 0.2) is 5.96 Å². The molecule has 1 rings (SSSR count). The highest BCUT2D eigenvalue weighted by Gasteiger charge is 2.20. The second-order valence-electron chi connectivity index (χ2n) is 6.46. The highest BCUT2D eigenvalue weighted by molar-refractivity contribution is 7.90. The van der Waals surface area contributed by atoms with E-state index in [1.54, 1.807) is 7.05 Å². The van der Waals surface area contributed by atoms with Gasteiger partial charge in [0.2, 0.25) is 0 Å². The lowest BCUT2D eigenvalue weighted by atomic mass is 9.83. The van der Waals surface area contributed by atoms with Crippen molar-refractivity contribution in [3.63, 3.8) is 0 Å². The fourth-order valence-electron chi connectivity index (χ4n) is 2.90. The van der Waals surface area contributed by atoms with Crippen molar-refractivity contribution in [2.75, 3.05) is 39.2 Å². The van der Waals surface area contributed by atoms with E-state index in [2.05, 4.69) is 29.2 Å². The predicted octanol–water partition coefficient (Wildman–Crippen LogP) is 1.75. The summed E-state index contributed by atoms with van der Waals surface area (Å²) in [6, 6.07) is 0. The number of nitrogens with zero attached hydrogens (tertiary/aromatic N) is 2. The number of aliphatic imine (C=N–C) groups is 1. The zero-order chi connectivity index (χ0) is 15.9. The lowest BCUT2D eigenvalue weighted by Gasteiger charge is -2.31. The van der Waals surface area contributed by atoms with Crippen LogP contribution in [0.2, 0.25) is 0 Å². The van der Waals surface area contributed by atoms with E-state index in [-0.39, 0.29) is 5.75 Å². The van der Waals surface area contributed by atoms with Crippen molar-refractivity contribution in [2.24, 2.45) is 16.8 Å². The van der Waals surface area contributed by atoms with Crippen LogP contribution in [0.5, 0.6) is 0 Å². The van der Waals surface area contributed by atoms with Gasteiger partial charge >= 0.3 is 0 Å². The third kappa shape index (κ3) is 7.69. The second-order valence-corrected chi connectivity index (χ2v) is 8.72. The van der Waals surface area contributed by atoms with Crippen LogP contribution in [0.4, 0.5) is 0 Å². The van der Waals surface area contributed by atoms with Gasteiger partial charge in [0.25, 0.3) is 0 Å². The molecule has 1 N–H and O–H groups in total. The Balaban J connectivity index is 2.31. The van der Waals surface area contributed by atoms with Crippen LogP contribution < -0.4 is 5.32 Å². The van der Waals surface area contributed by atoms with Gasteiger partial charge in [-0.25, -0.2) is 8.42 Å². The summed E-state index contributed by atoms with van der Waals surface area (Å²) < 4.78 is 22.2. The third-order valence-corrected chi connectivity index (χ3v) is 5.25. The molecule has 0 aliphatic heterocycles. The molecule has 1 saturated carbocycles. The minimum Gasteiger partial charge on any atom is -0.356 e. The van der Waals surface area contributed by atoms with E-state index in [4.69, 9.17) is 0 Å². The predicted molar refractivity (Wildman–Crippen MR) is 89.4 cm³/mol. The summed E-state index contributed by atoms with van der Waals surface area (Å²) in [6.45, 7) is 4.01. The van der Waals surface area contributed by atoms with Gasteiger partial charge in [-0.1, -0.05) is 19.8 Å². The van der Waals surface area contributed by atoms with E-state index in [0.717, 1.165) is 24.3 Å². The number of rotatable bonds is 6. The first-order valence-corrected chi connectivity index (χ1v) is 9.97. The van der Waals surface area contributed by atoms with E-state index in [0.29, 0.717) is 13.0 Å². The van der Waals surface area contributed by atoms with Crippen molar-refractivity contribution < 1.29 is 8.42 Å². The Morgan fingerprint density at radius 2 is 1.90 bits per heavy atom. The summed E-state index contributed by atoms with van der Waals surface area (Å²) in [5, 5.41) is 3.25. The lowest BCUT2D eigenvalue weighted by Crippen LogP contribution is -2.42. The molecule has 0 unspecified atom stereocenters. The molecule has 0 amide bonds. The van der Waals surface area contributed by atoms with Crippen LogP contribution >= 0.6 is 0 Å². The van der Waals surface area contributed by atoms with Gasteiger partial charge < -0.3 is 10.2 Å². The summed E-state index contributed by atoms with van der Waals surface area (Å²) in [6.07, 6.45) is 7.16. The summed E-state index contributed by atoms with van der Waals surface area (Å²) in [4.78, 5) is 6.45. The van der Waals surface area contributed by atoms with Crippen molar-refractivity contribution in [1.29, 1.82) is 0 Å². The molecule has 0 saturated heterocycles. The van der Waals surface area contributed by atoms with Crippen LogP contribution in [0.3, 0.4) is 0 Å². The average Bonchev–Trinajstić information content (AvgIpc) is 2.40. The number of sulfone groups is 1. The van der Waals surface area contributed by atoms with Gasteiger partial charge in [-0.2, -0.15) is 0 Å². The van der Waals surface area contributed by atoms with Crippen LogP contribution in [0.25, 0.3) is 0 Å². The van der Waals surface area contributed by atoms with Crippen LogP contribution in [0.15, 0.2) is 4.99 Å². The van der Waals surface area contributed by atoms with Crippen LogP contribution in [-0.2, 0) is 9.84 Å². The standard InChI is InChI=1S/C15H31N3O2S/c1-13-6-8-14(9-7-13)12-18(3)15(16-2)17-10-5-11-21(4,19)20/h13-14H,5-12H2,1-4H3,(H,16,17). The largest absolute Gasteiger partial charge is 0.356 e. The fraction of sp³-hybridized carbons (Fsp3) is 0.933. The molecule has 5 nitrogen and oxygen atoms in total. The van der Waals surface area contributed by atoms with E-state index in [1.165, 1.54) is 31.9 Å². The minimum atomic E-state index is -2.87. The van der Waals surface area contributed by atoms with E-state index >= 15 is 0 Å². The molecule has 0 aromatic rings. The molecule has 1 fully saturated rings. The summed E-state index contributed by atoms with van der Waals surface area (Å²) in [5.74, 6) is 2.71. The first kappa shape index (κ1) is 18.3. The molecule has 124 valence electrons. The van der Waals surface area contributed by atoms with Gasteiger partial charge in [0.05, 0.1) is 5.75 Å². The van der Waals surface area contributed by atoms with Crippen molar-refractivity contribution >= 4 is 15.8 Å². The maximum absolute atomic E-state index is 11.1. The average molecular weight is 317 g/mol. The normalized spacial score (nSPS) is 23.9. The summed E-state index contributed by atoms with van der Waals surface area (Å²) in [5.41, 5.74) is 0. The molecule has 6 heteroatoms. The fourth-order valence-corrected chi connectivity index (χ4v) is 3.57. The number of hydrogen-bond donors (Lipinski definition) is 1. The SMILES string of the molecule is CN=C(NCCCS(C)(=O)=O)N(C)CC1CCC(C)CC1. The maximum atomic E-state index is 11.1. The number of guanidine groups is 1. The van der Waals surface area contributed by atoms with Gasteiger partial charge in [-0.05, 0) is 31.1 Å². The van der Waals surface area contributed by atoms with Crippen molar-refractivity contribution in [3.05, 3.63) is 0 Å². The first-order valence-electron chi connectivity index (χ1n) is 7.91. The van der Waals surface area contributed by atoms with E-state index < -0.39 is 9.84 Å². The lowest BCUT2D eigenvalue weighted by molar-refractivity contribution is 0.250. The Morgan fingerprint density at radius 1 is 1.29 bits per heavy atom. The van der Waals surface area contributed by atoms with E-state index in [9.17, 15) is 8.42 Å². The van der Waals surface area contributed by atoms with Crippen molar-refractivity contribution in [2.45, 2.75) is 39.0 Å². The molecule has 0 heterocycles. The number of nitrogens with one attached hydrogen (secondary N) is 1. The Morgan fingerprint density at radius 3 is 2.43 bits per heavy atom. The molecule has 0 spiro atoms. The minimum absolute atomic E-state index is 0.223. The molecule has 0 aromatic carbocycles. The molecule has 21 heavy (non-hydrogen) atoms. The molecule has 0 bridgehead atoms. The van der Waals surface area contributed by atoms with Crippen LogP contribution in [0, 0.1) is 11.8 Å².